The third-order valence-corrected chi connectivity index (χ3v) is 5.07. The standard InChI is InChI=1S/C16H25ClN2OS/c1-16(20,12-21-2)11-18-10-13-14(17)6-5-7-15(13)19-8-3-4-9-19/h5-7,18,20H,3-4,8-12H2,1-2H3. The highest BCUT2D eigenvalue weighted by atomic mass is 35.5. The van der Waals surface area contributed by atoms with E-state index in [0.29, 0.717) is 13.1 Å². The monoisotopic (exact) mass is 328 g/mol. The summed E-state index contributed by atoms with van der Waals surface area (Å²) in [6, 6.07) is 6.11. The topological polar surface area (TPSA) is 35.5 Å². The normalized spacial score (nSPS) is 18.0. The molecule has 1 heterocycles. The van der Waals surface area contributed by atoms with Crippen LogP contribution >= 0.6 is 23.4 Å². The smallest absolute Gasteiger partial charge is 0.0833 e. The molecule has 2 rings (SSSR count). The van der Waals surface area contributed by atoms with E-state index in [9.17, 15) is 5.11 Å². The van der Waals surface area contributed by atoms with Crippen molar-refractivity contribution >= 4 is 29.1 Å². The number of halogens is 1. The highest BCUT2D eigenvalue weighted by Crippen LogP contribution is 2.30. The third-order valence-electron chi connectivity index (χ3n) is 3.80. The van der Waals surface area contributed by atoms with Crippen LogP contribution in [0.25, 0.3) is 0 Å². The molecule has 1 unspecified atom stereocenters. The van der Waals surface area contributed by atoms with E-state index >= 15 is 0 Å². The first-order valence-corrected chi connectivity index (χ1v) is 9.25. The van der Waals surface area contributed by atoms with Crippen molar-refractivity contribution < 1.29 is 5.11 Å². The maximum absolute atomic E-state index is 10.2. The lowest BCUT2D eigenvalue weighted by molar-refractivity contribution is 0.0846. The maximum atomic E-state index is 10.2. The molecule has 0 aromatic heterocycles. The lowest BCUT2D eigenvalue weighted by Gasteiger charge is -2.25. The molecule has 21 heavy (non-hydrogen) atoms. The lowest BCUT2D eigenvalue weighted by atomic mass is 10.1. The fourth-order valence-electron chi connectivity index (χ4n) is 2.80. The first kappa shape index (κ1) is 16.9. The highest BCUT2D eigenvalue weighted by molar-refractivity contribution is 7.98. The second-order valence-electron chi connectivity index (χ2n) is 5.97. The summed E-state index contributed by atoms with van der Waals surface area (Å²) in [7, 11) is 0. The zero-order valence-electron chi connectivity index (χ0n) is 12.9. The summed E-state index contributed by atoms with van der Waals surface area (Å²) in [6.07, 6.45) is 4.51. The van der Waals surface area contributed by atoms with Crippen molar-refractivity contribution in [1.82, 2.24) is 5.32 Å². The molecular weight excluding hydrogens is 304 g/mol. The van der Waals surface area contributed by atoms with Crippen LogP contribution in [0, 0.1) is 0 Å². The van der Waals surface area contributed by atoms with Crippen molar-refractivity contribution in [2.75, 3.05) is 36.5 Å². The van der Waals surface area contributed by atoms with Crippen molar-refractivity contribution in [3.05, 3.63) is 28.8 Å². The van der Waals surface area contributed by atoms with Gasteiger partial charge in [0.05, 0.1) is 5.60 Å². The van der Waals surface area contributed by atoms with E-state index in [0.717, 1.165) is 29.4 Å². The Morgan fingerprint density at radius 3 is 2.76 bits per heavy atom. The van der Waals surface area contributed by atoms with Gasteiger partial charge in [0.1, 0.15) is 0 Å². The van der Waals surface area contributed by atoms with Crippen LogP contribution in [0.3, 0.4) is 0 Å². The van der Waals surface area contributed by atoms with Crippen molar-refractivity contribution in [1.29, 1.82) is 0 Å². The molecule has 2 N–H and O–H groups in total. The number of hydrogen-bond donors (Lipinski definition) is 2. The van der Waals surface area contributed by atoms with Crippen LogP contribution in [-0.2, 0) is 6.54 Å². The van der Waals surface area contributed by atoms with Gasteiger partial charge in [-0.1, -0.05) is 17.7 Å². The fraction of sp³-hybridized carbons (Fsp3) is 0.625. The van der Waals surface area contributed by atoms with Crippen molar-refractivity contribution in [2.45, 2.75) is 31.9 Å². The lowest BCUT2D eigenvalue weighted by Crippen LogP contribution is -2.39. The Labute approximate surface area is 137 Å². The number of thioether (sulfide) groups is 1. The Balaban J connectivity index is 2.02. The molecule has 0 amide bonds. The van der Waals surface area contributed by atoms with Gasteiger partial charge in [-0.3, -0.25) is 0 Å². The zero-order chi connectivity index (χ0) is 15.3. The van der Waals surface area contributed by atoms with Crippen LogP contribution in [0.2, 0.25) is 5.02 Å². The molecule has 1 fully saturated rings. The van der Waals surface area contributed by atoms with Gasteiger partial charge in [-0.15, -0.1) is 0 Å². The van der Waals surface area contributed by atoms with E-state index in [2.05, 4.69) is 16.3 Å². The van der Waals surface area contributed by atoms with E-state index in [1.807, 2.05) is 25.3 Å². The van der Waals surface area contributed by atoms with Crippen molar-refractivity contribution in [3.8, 4) is 0 Å². The molecule has 1 aromatic rings. The van der Waals surface area contributed by atoms with Crippen molar-refractivity contribution in [2.24, 2.45) is 0 Å². The van der Waals surface area contributed by atoms with Crippen LogP contribution in [0.5, 0.6) is 0 Å². The number of aliphatic hydroxyl groups is 1. The molecule has 1 aliphatic heterocycles. The summed E-state index contributed by atoms with van der Waals surface area (Å²) >= 11 is 8.04. The minimum atomic E-state index is -0.686. The van der Waals surface area contributed by atoms with Gasteiger partial charge in [-0.25, -0.2) is 0 Å². The number of nitrogens with one attached hydrogen (secondary N) is 1. The second-order valence-corrected chi connectivity index (χ2v) is 7.24. The molecule has 1 aromatic carbocycles. The van der Waals surface area contributed by atoms with Gasteiger partial charge in [0.2, 0.25) is 0 Å². The predicted molar refractivity (Wildman–Crippen MR) is 93.6 cm³/mol. The van der Waals surface area contributed by atoms with Crippen LogP contribution in [0.4, 0.5) is 5.69 Å². The summed E-state index contributed by atoms with van der Waals surface area (Å²) in [5.74, 6) is 0.724. The minimum absolute atomic E-state index is 0.568. The van der Waals surface area contributed by atoms with Crippen LogP contribution in [0.1, 0.15) is 25.3 Å². The van der Waals surface area contributed by atoms with E-state index in [1.165, 1.54) is 18.5 Å². The number of nitrogens with zero attached hydrogens (tertiary/aromatic N) is 1. The zero-order valence-corrected chi connectivity index (χ0v) is 14.4. The van der Waals surface area contributed by atoms with Crippen LogP contribution in [0.15, 0.2) is 18.2 Å². The molecule has 118 valence electrons. The molecule has 0 spiro atoms. The van der Waals surface area contributed by atoms with E-state index in [4.69, 9.17) is 11.6 Å². The molecule has 0 aliphatic carbocycles. The maximum Gasteiger partial charge on any atom is 0.0833 e. The van der Waals surface area contributed by atoms with Gasteiger partial charge in [0, 0.05) is 48.2 Å². The highest BCUT2D eigenvalue weighted by Gasteiger charge is 2.21. The van der Waals surface area contributed by atoms with Crippen LogP contribution < -0.4 is 10.2 Å². The summed E-state index contributed by atoms with van der Waals surface area (Å²) in [4.78, 5) is 2.41. The number of benzene rings is 1. The molecular formula is C16H25ClN2OS. The van der Waals surface area contributed by atoms with Crippen LogP contribution in [-0.4, -0.2) is 42.4 Å². The van der Waals surface area contributed by atoms with E-state index in [-0.39, 0.29) is 0 Å². The van der Waals surface area contributed by atoms with Gasteiger partial charge in [0.15, 0.2) is 0 Å². The summed E-state index contributed by atoms with van der Waals surface area (Å²) in [6.45, 7) is 5.34. The van der Waals surface area contributed by atoms with E-state index in [1.54, 1.807) is 11.8 Å². The Bertz CT molecular complexity index is 462. The first-order chi connectivity index (χ1) is 10.0. The largest absolute Gasteiger partial charge is 0.388 e. The number of hydrogen-bond acceptors (Lipinski definition) is 4. The molecule has 5 heteroatoms. The molecule has 0 bridgehead atoms. The van der Waals surface area contributed by atoms with Gasteiger partial charge in [-0.05, 0) is 38.2 Å². The average Bonchev–Trinajstić information content (AvgIpc) is 2.94. The minimum Gasteiger partial charge on any atom is -0.388 e. The first-order valence-electron chi connectivity index (χ1n) is 7.48. The average molecular weight is 329 g/mol. The van der Waals surface area contributed by atoms with E-state index < -0.39 is 5.60 Å². The van der Waals surface area contributed by atoms with Gasteiger partial charge < -0.3 is 15.3 Å². The Morgan fingerprint density at radius 1 is 1.38 bits per heavy atom. The fourth-order valence-corrected chi connectivity index (χ4v) is 3.76. The van der Waals surface area contributed by atoms with Gasteiger partial charge in [-0.2, -0.15) is 11.8 Å². The quantitative estimate of drug-likeness (QED) is 0.806. The Hall–Kier alpha value is -0.420. The summed E-state index contributed by atoms with van der Waals surface area (Å²) in [5, 5.41) is 14.4. The van der Waals surface area contributed by atoms with Gasteiger partial charge in [0.25, 0.3) is 0 Å². The molecule has 0 radical (unpaired) electrons. The summed E-state index contributed by atoms with van der Waals surface area (Å²) < 4.78 is 0. The molecule has 1 saturated heterocycles. The Morgan fingerprint density at radius 2 is 2.10 bits per heavy atom. The number of rotatable bonds is 7. The molecule has 1 aliphatic rings. The van der Waals surface area contributed by atoms with Crippen molar-refractivity contribution in [3.63, 3.8) is 0 Å². The number of anilines is 1. The molecule has 0 saturated carbocycles. The van der Waals surface area contributed by atoms with Gasteiger partial charge >= 0.3 is 0 Å². The second kappa shape index (κ2) is 7.73. The molecule has 1 atom stereocenters. The molecule has 3 nitrogen and oxygen atoms in total. The Kier molecular flexibility index (Phi) is 6.23. The SMILES string of the molecule is CSCC(C)(O)CNCc1c(Cl)cccc1N1CCCC1. The third kappa shape index (κ3) is 4.78. The summed E-state index contributed by atoms with van der Waals surface area (Å²) in [5.41, 5.74) is 1.69. The predicted octanol–water partition coefficient (Wildman–Crippen LogP) is 3.14.